The van der Waals surface area contributed by atoms with Gasteiger partial charge in [-0.3, -0.25) is 0 Å². The summed E-state index contributed by atoms with van der Waals surface area (Å²) in [5.74, 6) is 0.577. The average molecular weight is 378 g/mol. The lowest BCUT2D eigenvalue weighted by atomic mass is 10.2. The first-order valence-corrected chi connectivity index (χ1v) is 8.36. The fourth-order valence-corrected chi connectivity index (χ4v) is 1.52. The Morgan fingerprint density at radius 2 is 1.79 bits per heavy atom. The van der Waals surface area contributed by atoms with Gasteiger partial charge in [0.05, 0.1) is 0 Å². The number of alkyl halides is 1. The molecule has 0 spiro atoms. The first kappa shape index (κ1) is 18.0. The highest BCUT2D eigenvalue weighted by atomic mass is 127. The Balaban J connectivity index is 0.00000154. The highest BCUT2D eigenvalue weighted by Gasteiger charge is 2.08. The molecule has 0 saturated heterocycles. The molecule has 0 aliphatic carbocycles. The molecule has 0 aliphatic rings. The summed E-state index contributed by atoms with van der Waals surface area (Å²) in [4.78, 5) is 17.0. The second kappa shape index (κ2) is 9.89. The van der Waals surface area contributed by atoms with Crippen LogP contribution in [0.15, 0.2) is 24.3 Å². The number of ether oxygens (including phenoxy) is 1. The minimum absolute atomic E-state index is 0.360. The number of hydrogen-bond acceptors (Lipinski definition) is 3. The van der Waals surface area contributed by atoms with Crippen molar-refractivity contribution in [3.63, 3.8) is 0 Å². The van der Waals surface area contributed by atoms with E-state index >= 15 is 0 Å². The van der Waals surface area contributed by atoms with Crippen LogP contribution in [0.4, 0.5) is 10.5 Å². The molecule has 0 radical (unpaired) electrons. The summed E-state index contributed by atoms with van der Waals surface area (Å²) < 4.78 is 5.22. The normalized spacial score (nSPS) is 9.16. The van der Waals surface area contributed by atoms with Crippen LogP contribution < -0.4 is 9.64 Å². The summed E-state index contributed by atoms with van der Waals surface area (Å²) in [6.07, 6.45) is -0.360. The number of amides is 1. The molecule has 1 aromatic rings. The number of carbonyl (C=O) groups is 1. The molecule has 1 amide bonds. The summed E-state index contributed by atoms with van der Waals surface area (Å²) in [6, 6.07) is 7.58. The largest absolute Gasteiger partial charge is 0.414 e. The molecule has 0 fully saturated rings. The number of benzene rings is 1. The van der Waals surface area contributed by atoms with Crippen LogP contribution in [-0.4, -0.2) is 43.1 Å². The van der Waals surface area contributed by atoms with E-state index in [0.717, 1.165) is 18.8 Å². The minimum Gasteiger partial charge on any atom is -0.410 e. The standard InChI is InChI=1S/C13H20N2O2.CH3I/c1-5-15(6-2)11-8-7-9-12(10-11)17-13(16)14(3)4;1-2/h7-10H,5-6H2,1-4H3;1H3. The van der Waals surface area contributed by atoms with Crippen molar-refractivity contribution in [1.82, 2.24) is 4.90 Å². The summed E-state index contributed by atoms with van der Waals surface area (Å²) in [7, 11) is 3.33. The molecule has 1 rings (SSSR count). The molecule has 0 aromatic heterocycles. The summed E-state index contributed by atoms with van der Waals surface area (Å²) >= 11 is 2.15. The molecule has 108 valence electrons. The number of anilines is 1. The molecule has 0 aliphatic heterocycles. The Morgan fingerprint density at radius 3 is 2.26 bits per heavy atom. The molecular formula is C14H23IN2O2. The van der Waals surface area contributed by atoms with Gasteiger partial charge in [-0.15, -0.1) is 0 Å². The SMILES string of the molecule is CCN(CC)c1cccc(OC(=O)N(C)C)c1.CI. The van der Waals surface area contributed by atoms with E-state index in [0.29, 0.717) is 5.75 Å². The lowest BCUT2D eigenvalue weighted by Crippen LogP contribution is -2.25. The Hall–Kier alpha value is -0.980. The molecule has 19 heavy (non-hydrogen) atoms. The monoisotopic (exact) mass is 378 g/mol. The van der Waals surface area contributed by atoms with Crippen LogP contribution >= 0.6 is 22.6 Å². The summed E-state index contributed by atoms with van der Waals surface area (Å²) in [6.45, 7) is 6.06. The quantitative estimate of drug-likeness (QED) is 0.593. The van der Waals surface area contributed by atoms with Gasteiger partial charge in [0.15, 0.2) is 0 Å². The highest BCUT2D eigenvalue weighted by Crippen LogP contribution is 2.21. The minimum atomic E-state index is -0.360. The van der Waals surface area contributed by atoms with Gasteiger partial charge in [-0.05, 0) is 30.9 Å². The van der Waals surface area contributed by atoms with Crippen molar-refractivity contribution in [3.05, 3.63) is 24.3 Å². The zero-order valence-corrected chi connectivity index (χ0v) is 14.5. The molecule has 0 atom stereocenters. The van der Waals surface area contributed by atoms with Gasteiger partial charge in [0.1, 0.15) is 5.75 Å². The van der Waals surface area contributed by atoms with Gasteiger partial charge in [-0.1, -0.05) is 28.7 Å². The topological polar surface area (TPSA) is 32.8 Å². The second-order valence-electron chi connectivity index (χ2n) is 3.93. The van der Waals surface area contributed by atoms with Crippen LogP contribution in [0.25, 0.3) is 0 Å². The Bertz CT molecular complexity index is 379. The number of carbonyl (C=O) groups excluding carboxylic acids is 1. The van der Waals surface area contributed by atoms with Crippen LogP contribution in [0.5, 0.6) is 5.75 Å². The fourth-order valence-electron chi connectivity index (χ4n) is 1.52. The van der Waals surface area contributed by atoms with E-state index in [9.17, 15) is 4.79 Å². The molecule has 0 saturated carbocycles. The predicted octanol–water partition coefficient (Wildman–Crippen LogP) is 3.64. The molecule has 0 unspecified atom stereocenters. The van der Waals surface area contributed by atoms with Crippen molar-refractivity contribution >= 4 is 34.4 Å². The zero-order chi connectivity index (χ0) is 14.8. The van der Waals surface area contributed by atoms with E-state index in [1.165, 1.54) is 4.90 Å². The van der Waals surface area contributed by atoms with Crippen molar-refractivity contribution in [3.8, 4) is 5.75 Å². The zero-order valence-electron chi connectivity index (χ0n) is 12.3. The van der Waals surface area contributed by atoms with Crippen molar-refractivity contribution in [2.24, 2.45) is 0 Å². The van der Waals surface area contributed by atoms with Crippen molar-refractivity contribution in [2.75, 3.05) is 37.0 Å². The average Bonchev–Trinajstić information content (AvgIpc) is 2.43. The summed E-state index contributed by atoms with van der Waals surface area (Å²) in [5.41, 5.74) is 1.07. The van der Waals surface area contributed by atoms with Gasteiger partial charge >= 0.3 is 6.09 Å². The summed E-state index contributed by atoms with van der Waals surface area (Å²) in [5, 5.41) is 0. The molecule has 1 aromatic carbocycles. The maximum Gasteiger partial charge on any atom is 0.414 e. The molecule has 0 bridgehead atoms. The number of halogens is 1. The lowest BCUT2D eigenvalue weighted by molar-refractivity contribution is 0.172. The first-order chi connectivity index (χ1) is 9.08. The Morgan fingerprint density at radius 1 is 1.21 bits per heavy atom. The van der Waals surface area contributed by atoms with E-state index in [2.05, 4.69) is 41.3 Å². The lowest BCUT2D eigenvalue weighted by Gasteiger charge is -2.21. The maximum atomic E-state index is 11.4. The molecule has 0 heterocycles. The molecule has 0 N–H and O–H groups in total. The third-order valence-electron chi connectivity index (χ3n) is 2.52. The Labute approximate surface area is 129 Å². The van der Waals surface area contributed by atoms with Crippen LogP contribution in [0.3, 0.4) is 0 Å². The van der Waals surface area contributed by atoms with E-state index in [1.807, 2.05) is 23.1 Å². The van der Waals surface area contributed by atoms with Crippen LogP contribution in [0, 0.1) is 0 Å². The third-order valence-corrected chi connectivity index (χ3v) is 2.52. The molecule has 4 nitrogen and oxygen atoms in total. The van der Waals surface area contributed by atoms with Gasteiger partial charge in [0, 0.05) is 38.9 Å². The van der Waals surface area contributed by atoms with Gasteiger partial charge < -0.3 is 14.5 Å². The van der Waals surface area contributed by atoms with Crippen molar-refractivity contribution in [1.29, 1.82) is 0 Å². The van der Waals surface area contributed by atoms with Crippen molar-refractivity contribution in [2.45, 2.75) is 13.8 Å². The van der Waals surface area contributed by atoms with Gasteiger partial charge in [0.25, 0.3) is 0 Å². The predicted molar refractivity (Wildman–Crippen MR) is 89.7 cm³/mol. The second-order valence-corrected chi connectivity index (χ2v) is 3.93. The van der Waals surface area contributed by atoms with Gasteiger partial charge in [-0.2, -0.15) is 0 Å². The maximum absolute atomic E-state index is 11.4. The van der Waals surface area contributed by atoms with E-state index in [4.69, 9.17) is 4.74 Å². The van der Waals surface area contributed by atoms with Crippen LogP contribution in [-0.2, 0) is 0 Å². The highest BCUT2D eigenvalue weighted by molar-refractivity contribution is 14.1. The third kappa shape index (κ3) is 6.13. The smallest absolute Gasteiger partial charge is 0.410 e. The van der Waals surface area contributed by atoms with E-state index in [1.54, 1.807) is 20.2 Å². The molecule has 5 heteroatoms. The molecular weight excluding hydrogens is 355 g/mol. The van der Waals surface area contributed by atoms with E-state index in [-0.39, 0.29) is 6.09 Å². The number of rotatable bonds is 4. The Kier molecular flexibility index (Phi) is 9.38. The van der Waals surface area contributed by atoms with Gasteiger partial charge in [-0.25, -0.2) is 4.79 Å². The number of hydrogen-bond donors (Lipinski definition) is 0. The van der Waals surface area contributed by atoms with Crippen molar-refractivity contribution < 1.29 is 9.53 Å². The van der Waals surface area contributed by atoms with E-state index < -0.39 is 0 Å². The first-order valence-electron chi connectivity index (χ1n) is 6.20. The van der Waals surface area contributed by atoms with Gasteiger partial charge in [0.2, 0.25) is 0 Å². The number of nitrogens with zero attached hydrogens (tertiary/aromatic N) is 2. The fraction of sp³-hybridized carbons (Fsp3) is 0.500. The van der Waals surface area contributed by atoms with Crippen LogP contribution in [0.1, 0.15) is 13.8 Å². The van der Waals surface area contributed by atoms with Crippen LogP contribution in [0.2, 0.25) is 0 Å².